The molecule has 1 unspecified atom stereocenters. The van der Waals surface area contributed by atoms with Crippen LogP contribution in [0.4, 0.5) is 10.1 Å². The molecule has 0 aliphatic rings. The van der Waals surface area contributed by atoms with Crippen LogP contribution in [-0.2, 0) is 0 Å². The Hall–Kier alpha value is -2.03. The molecule has 1 N–H and O–H groups in total. The number of hydrogen-bond acceptors (Lipinski definition) is 2. The van der Waals surface area contributed by atoms with Gasteiger partial charge in [-0.1, -0.05) is 31.2 Å². The molecule has 112 valence electrons. The monoisotopic (exact) mass is 287 g/mol. The first-order valence-corrected chi connectivity index (χ1v) is 7.37. The zero-order valence-corrected chi connectivity index (χ0v) is 12.8. The van der Waals surface area contributed by atoms with Crippen molar-refractivity contribution in [2.45, 2.75) is 39.3 Å². The van der Waals surface area contributed by atoms with Crippen LogP contribution in [0.3, 0.4) is 0 Å². The van der Waals surface area contributed by atoms with Gasteiger partial charge in [-0.3, -0.25) is 0 Å². The fourth-order valence-electron chi connectivity index (χ4n) is 2.25. The number of hydrogen-bond donors (Lipinski definition) is 1. The Kier molecular flexibility index (Phi) is 5.20. The fourth-order valence-corrected chi connectivity index (χ4v) is 2.25. The van der Waals surface area contributed by atoms with Gasteiger partial charge in [0.25, 0.3) is 0 Å². The van der Waals surface area contributed by atoms with Crippen molar-refractivity contribution < 1.29 is 9.13 Å². The van der Waals surface area contributed by atoms with E-state index in [1.807, 2.05) is 50.2 Å². The SMILES string of the molecule is CCC(Nc1ccccc1OC(C)C)c1ccc(F)cc1. The number of rotatable bonds is 6. The van der Waals surface area contributed by atoms with Crippen molar-refractivity contribution in [3.8, 4) is 5.75 Å². The molecule has 0 aromatic heterocycles. The molecule has 0 amide bonds. The summed E-state index contributed by atoms with van der Waals surface area (Å²) in [7, 11) is 0. The molecule has 2 aromatic carbocycles. The molecule has 3 heteroatoms. The lowest BCUT2D eigenvalue weighted by molar-refractivity contribution is 0.243. The van der Waals surface area contributed by atoms with Gasteiger partial charge in [0.2, 0.25) is 0 Å². The minimum absolute atomic E-state index is 0.124. The lowest BCUT2D eigenvalue weighted by Crippen LogP contribution is -2.12. The van der Waals surface area contributed by atoms with Crippen molar-refractivity contribution in [1.29, 1.82) is 0 Å². The second-order valence-corrected chi connectivity index (χ2v) is 5.32. The van der Waals surface area contributed by atoms with Gasteiger partial charge in [0.1, 0.15) is 11.6 Å². The van der Waals surface area contributed by atoms with Crippen molar-refractivity contribution in [3.05, 3.63) is 59.9 Å². The average molecular weight is 287 g/mol. The first kappa shape index (κ1) is 15.4. The van der Waals surface area contributed by atoms with Gasteiger partial charge >= 0.3 is 0 Å². The maximum absolute atomic E-state index is 13.0. The van der Waals surface area contributed by atoms with Crippen LogP contribution in [0.1, 0.15) is 38.8 Å². The smallest absolute Gasteiger partial charge is 0.142 e. The summed E-state index contributed by atoms with van der Waals surface area (Å²) in [6.45, 7) is 6.12. The van der Waals surface area contributed by atoms with Gasteiger partial charge in [0, 0.05) is 0 Å². The second-order valence-electron chi connectivity index (χ2n) is 5.32. The molecule has 0 aliphatic heterocycles. The molecule has 21 heavy (non-hydrogen) atoms. The minimum Gasteiger partial charge on any atom is -0.489 e. The Bertz CT molecular complexity index is 566. The maximum atomic E-state index is 13.0. The largest absolute Gasteiger partial charge is 0.489 e. The van der Waals surface area contributed by atoms with Gasteiger partial charge < -0.3 is 10.1 Å². The van der Waals surface area contributed by atoms with Crippen LogP contribution in [0, 0.1) is 5.82 Å². The lowest BCUT2D eigenvalue weighted by atomic mass is 10.0. The topological polar surface area (TPSA) is 21.3 Å². The van der Waals surface area contributed by atoms with Gasteiger partial charge in [-0.2, -0.15) is 0 Å². The fraction of sp³-hybridized carbons (Fsp3) is 0.333. The van der Waals surface area contributed by atoms with E-state index in [1.165, 1.54) is 12.1 Å². The Labute approximate surface area is 126 Å². The van der Waals surface area contributed by atoms with Crippen LogP contribution < -0.4 is 10.1 Å². The summed E-state index contributed by atoms with van der Waals surface area (Å²) >= 11 is 0. The Morgan fingerprint density at radius 2 is 1.71 bits per heavy atom. The summed E-state index contributed by atoms with van der Waals surface area (Å²) in [6.07, 6.45) is 1.03. The van der Waals surface area contributed by atoms with Gasteiger partial charge in [0.15, 0.2) is 0 Å². The van der Waals surface area contributed by atoms with Crippen LogP contribution in [0.5, 0.6) is 5.75 Å². The highest BCUT2D eigenvalue weighted by Crippen LogP contribution is 2.30. The number of ether oxygens (including phenoxy) is 1. The number of para-hydroxylation sites is 2. The van der Waals surface area contributed by atoms with E-state index in [0.29, 0.717) is 0 Å². The molecular formula is C18H22FNO. The predicted octanol–water partition coefficient (Wildman–Crippen LogP) is 5.18. The standard InChI is InChI=1S/C18H22FNO/c1-4-16(14-9-11-15(19)12-10-14)20-17-7-5-6-8-18(17)21-13(2)3/h5-13,16,20H,4H2,1-3H3. The highest BCUT2D eigenvalue weighted by atomic mass is 19.1. The first-order chi connectivity index (χ1) is 10.1. The second kappa shape index (κ2) is 7.11. The van der Waals surface area contributed by atoms with E-state index in [0.717, 1.165) is 23.4 Å². The van der Waals surface area contributed by atoms with E-state index in [1.54, 1.807) is 0 Å². The normalized spacial score (nSPS) is 12.2. The first-order valence-electron chi connectivity index (χ1n) is 7.37. The summed E-state index contributed by atoms with van der Waals surface area (Å²) in [5, 5.41) is 3.49. The Balaban J connectivity index is 2.20. The number of nitrogens with one attached hydrogen (secondary N) is 1. The van der Waals surface area contributed by atoms with Crippen LogP contribution >= 0.6 is 0 Å². The predicted molar refractivity (Wildman–Crippen MR) is 85.3 cm³/mol. The average Bonchev–Trinajstić information content (AvgIpc) is 2.47. The molecule has 0 saturated heterocycles. The van der Waals surface area contributed by atoms with Gasteiger partial charge in [-0.15, -0.1) is 0 Å². The summed E-state index contributed by atoms with van der Waals surface area (Å²) in [6, 6.07) is 14.7. The zero-order chi connectivity index (χ0) is 15.2. The van der Waals surface area contributed by atoms with E-state index >= 15 is 0 Å². The van der Waals surface area contributed by atoms with Crippen molar-refractivity contribution in [1.82, 2.24) is 0 Å². The van der Waals surface area contributed by atoms with Crippen LogP contribution in [0.25, 0.3) is 0 Å². The van der Waals surface area contributed by atoms with Gasteiger partial charge in [-0.05, 0) is 50.1 Å². The van der Waals surface area contributed by atoms with Crippen LogP contribution in [0.2, 0.25) is 0 Å². The lowest BCUT2D eigenvalue weighted by Gasteiger charge is -2.22. The maximum Gasteiger partial charge on any atom is 0.142 e. The summed E-state index contributed by atoms with van der Waals surface area (Å²) < 4.78 is 18.9. The number of benzene rings is 2. The third kappa shape index (κ3) is 4.22. The molecule has 0 saturated carbocycles. The minimum atomic E-state index is -0.211. The third-order valence-electron chi connectivity index (χ3n) is 3.26. The molecule has 2 rings (SSSR count). The molecule has 0 heterocycles. The zero-order valence-electron chi connectivity index (χ0n) is 12.8. The van der Waals surface area contributed by atoms with Crippen LogP contribution in [0.15, 0.2) is 48.5 Å². The van der Waals surface area contributed by atoms with Crippen molar-refractivity contribution in [2.75, 3.05) is 5.32 Å². The quantitative estimate of drug-likeness (QED) is 0.790. The van der Waals surface area contributed by atoms with Gasteiger partial charge in [-0.25, -0.2) is 4.39 Å². The molecule has 0 radical (unpaired) electrons. The molecule has 2 aromatic rings. The molecule has 0 fully saturated rings. The van der Waals surface area contributed by atoms with E-state index < -0.39 is 0 Å². The van der Waals surface area contributed by atoms with Crippen molar-refractivity contribution >= 4 is 5.69 Å². The number of anilines is 1. The Morgan fingerprint density at radius 3 is 2.33 bits per heavy atom. The summed E-state index contributed by atoms with van der Waals surface area (Å²) in [5.41, 5.74) is 2.03. The molecule has 2 nitrogen and oxygen atoms in total. The van der Waals surface area contributed by atoms with Crippen molar-refractivity contribution in [3.63, 3.8) is 0 Å². The summed E-state index contributed by atoms with van der Waals surface area (Å²) in [5.74, 6) is 0.630. The highest BCUT2D eigenvalue weighted by molar-refractivity contribution is 5.57. The third-order valence-corrected chi connectivity index (χ3v) is 3.26. The van der Waals surface area contributed by atoms with E-state index in [-0.39, 0.29) is 18.0 Å². The highest BCUT2D eigenvalue weighted by Gasteiger charge is 2.12. The van der Waals surface area contributed by atoms with E-state index in [2.05, 4.69) is 12.2 Å². The number of halogens is 1. The van der Waals surface area contributed by atoms with E-state index in [9.17, 15) is 4.39 Å². The molecular weight excluding hydrogens is 265 g/mol. The molecule has 0 aliphatic carbocycles. The van der Waals surface area contributed by atoms with E-state index in [4.69, 9.17) is 4.74 Å². The van der Waals surface area contributed by atoms with Crippen LogP contribution in [-0.4, -0.2) is 6.10 Å². The molecule has 0 spiro atoms. The Morgan fingerprint density at radius 1 is 1.05 bits per heavy atom. The summed E-state index contributed by atoms with van der Waals surface area (Å²) in [4.78, 5) is 0. The molecule has 1 atom stereocenters. The van der Waals surface area contributed by atoms with Gasteiger partial charge in [0.05, 0.1) is 17.8 Å². The van der Waals surface area contributed by atoms with Crippen molar-refractivity contribution in [2.24, 2.45) is 0 Å². The molecule has 0 bridgehead atoms.